The maximum Gasteiger partial charge on any atom is 0.261 e. The zero-order chi connectivity index (χ0) is 24.9. The molecule has 8 nitrogen and oxygen atoms in total. The van der Waals surface area contributed by atoms with E-state index in [9.17, 15) is 19.2 Å². The summed E-state index contributed by atoms with van der Waals surface area (Å²) in [7, 11) is 1.78. The molecular formula is C26H24N4O4S. The topological polar surface area (TPSA) is 99.7 Å². The molecule has 0 unspecified atom stereocenters. The van der Waals surface area contributed by atoms with E-state index in [-0.39, 0.29) is 36.6 Å². The first-order valence-corrected chi connectivity index (χ1v) is 12.2. The van der Waals surface area contributed by atoms with E-state index in [1.54, 1.807) is 36.2 Å². The van der Waals surface area contributed by atoms with Crippen LogP contribution in [0.5, 0.6) is 0 Å². The molecule has 0 atom stereocenters. The lowest BCUT2D eigenvalue weighted by Gasteiger charge is -2.16. The highest BCUT2D eigenvalue weighted by molar-refractivity contribution is 7.14. The van der Waals surface area contributed by atoms with Gasteiger partial charge in [0.2, 0.25) is 11.8 Å². The van der Waals surface area contributed by atoms with Crippen LogP contribution in [0, 0.1) is 0 Å². The normalized spacial score (nSPS) is 16.0. The lowest BCUT2D eigenvalue weighted by atomic mass is 9.85. The number of fused-ring (bicyclic) bond motifs is 2. The van der Waals surface area contributed by atoms with Gasteiger partial charge >= 0.3 is 0 Å². The number of imide groups is 1. The van der Waals surface area contributed by atoms with Crippen molar-refractivity contribution >= 4 is 45.8 Å². The minimum absolute atomic E-state index is 0.0529. The quantitative estimate of drug-likeness (QED) is 0.527. The molecule has 0 spiro atoms. The summed E-state index contributed by atoms with van der Waals surface area (Å²) < 4.78 is 0. The number of carbonyl (C=O) groups is 4. The molecular weight excluding hydrogens is 464 g/mol. The van der Waals surface area contributed by atoms with Gasteiger partial charge in [-0.05, 0) is 50.1 Å². The predicted octanol–water partition coefficient (Wildman–Crippen LogP) is 4.08. The Balaban J connectivity index is 1.19. The van der Waals surface area contributed by atoms with Crippen molar-refractivity contribution in [3.05, 3.63) is 64.5 Å². The Labute approximate surface area is 206 Å². The Morgan fingerprint density at radius 2 is 1.74 bits per heavy atom. The van der Waals surface area contributed by atoms with Crippen LogP contribution in [0.25, 0.3) is 11.3 Å². The third-order valence-electron chi connectivity index (χ3n) is 6.58. The van der Waals surface area contributed by atoms with Crippen molar-refractivity contribution in [2.24, 2.45) is 0 Å². The second-order valence-electron chi connectivity index (χ2n) is 9.22. The first-order valence-electron chi connectivity index (χ1n) is 11.3. The fraction of sp³-hybridized carbons (Fsp3) is 0.269. The highest BCUT2D eigenvalue weighted by Crippen LogP contribution is 2.42. The van der Waals surface area contributed by atoms with Gasteiger partial charge < -0.3 is 10.2 Å². The van der Waals surface area contributed by atoms with Crippen LogP contribution >= 0.6 is 11.3 Å². The van der Waals surface area contributed by atoms with E-state index in [1.807, 2.05) is 37.4 Å². The third-order valence-corrected chi connectivity index (χ3v) is 7.34. The van der Waals surface area contributed by atoms with Crippen molar-refractivity contribution in [3.63, 3.8) is 0 Å². The van der Waals surface area contributed by atoms with Crippen molar-refractivity contribution in [1.82, 2.24) is 9.88 Å². The average molecular weight is 489 g/mol. The molecule has 0 radical (unpaired) electrons. The second-order valence-corrected chi connectivity index (χ2v) is 10.1. The summed E-state index contributed by atoms with van der Waals surface area (Å²) in [6, 6.07) is 12.6. The Kier molecular flexibility index (Phi) is 5.52. The average Bonchev–Trinajstić information content (AvgIpc) is 3.45. The van der Waals surface area contributed by atoms with E-state index in [4.69, 9.17) is 0 Å². The van der Waals surface area contributed by atoms with Crippen molar-refractivity contribution in [3.8, 4) is 11.3 Å². The van der Waals surface area contributed by atoms with Gasteiger partial charge in [-0.3, -0.25) is 24.1 Å². The van der Waals surface area contributed by atoms with Gasteiger partial charge in [-0.25, -0.2) is 4.98 Å². The monoisotopic (exact) mass is 488 g/mol. The van der Waals surface area contributed by atoms with E-state index in [2.05, 4.69) is 10.3 Å². The smallest absolute Gasteiger partial charge is 0.261 e. The molecule has 0 aliphatic carbocycles. The number of nitrogens with zero attached hydrogens (tertiary/aromatic N) is 3. The number of rotatable bonds is 6. The highest BCUT2D eigenvalue weighted by atomic mass is 32.1. The third kappa shape index (κ3) is 3.81. The number of thiazole rings is 1. The first-order chi connectivity index (χ1) is 16.7. The summed E-state index contributed by atoms with van der Waals surface area (Å²) in [5.74, 6) is -0.816. The van der Waals surface area contributed by atoms with E-state index in [0.717, 1.165) is 22.5 Å². The lowest BCUT2D eigenvalue weighted by Crippen LogP contribution is -2.33. The fourth-order valence-corrected chi connectivity index (χ4v) is 5.35. The molecule has 2 aliphatic heterocycles. The van der Waals surface area contributed by atoms with Crippen molar-refractivity contribution < 1.29 is 19.2 Å². The number of benzene rings is 2. The van der Waals surface area contributed by atoms with Gasteiger partial charge in [-0.1, -0.05) is 18.2 Å². The van der Waals surface area contributed by atoms with Crippen LogP contribution in [0.4, 0.5) is 10.8 Å². The lowest BCUT2D eigenvalue weighted by molar-refractivity contribution is -0.121. The Bertz CT molecular complexity index is 1360. The Morgan fingerprint density at radius 3 is 2.43 bits per heavy atom. The van der Waals surface area contributed by atoms with Crippen LogP contribution < -0.4 is 10.2 Å². The summed E-state index contributed by atoms with van der Waals surface area (Å²) in [6.45, 7) is 4.01. The minimum atomic E-state index is -0.605. The largest absolute Gasteiger partial charge is 0.314 e. The van der Waals surface area contributed by atoms with Gasteiger partial charge in [0.15, 0.2) is 5.13 Å². The molecule has 2 aromatic carbocycles. The van der Waals surface area contributed by atoms with Crippen LogP contribution in [0.1, 0.15) is 53.0 Å². The Morgan fingerprint density at radius 1 is 1.06 bits per heavy atom. The van der Waals surface area contributed by atoms with Crippen molar-refractivity contribution in [2.45, 2.75) is 32.1 Å². The van der Waals surface area contributed by atoms with E-state index in [0.29, 0.717) is 22.7 Å². The number of carbonyl (C=O) groups excluding carboxylic acids is 4. The molecule has 9 heteroatoms. The second kappa shape index (κ2) is 8.42. The maximum atomic E-state index is 12.5. The standard InChI is InChI=1S/C26H24N4O4S/c1-26(2)18-13-15(10-11-20(18)29(3)24(26)34)19-14-35-25(27-19)28-21(31)9-6-12-30-22(32)16-7-4-5-8-17(16)23(30)33/h4-5,7-8,10-11,13-14H,6,9,12H2,1-3H3,(H,27,28,31). The van der Waals surface area contributed by atoms with Gasteiger partial charge in [-0.15, -0.1) is 11.3 Å². The molecule has 35 heavy (non-hydrogen) atoms. The number of nitrogens with one attached hydrogen (secondary N) is 1. The number of likely N-dealkylation sites (N-methyl/N-ethyl adjacent to an activating group) is 1. The SMILES string of the molecule is CN1C(=O)C(C)(C)c2cc(-c3csc(NC(=O)CCCN4C(=O)c5ccccc5C4=O)n3)ccc21. The van der Waals surface area contributed by atoms with Crippen LogP contribution in [-0.2, 0) is 15.0 Å². The molecule has 1 N–H and O–H groups in total. The predicted molar refractivity (Wildman–Crippen MR) is 134 cm³/mol. The van der Waals surface area contributed by atoms with Crippen molar-refractivity contribution in [2.75, 3.05) is 23.8 Å². The molecule has 2 aliphatic rings. The molecule has 4 amide bonds. The highest BCUT2D eigenvalue weighted by Gasteiger charge is 2.42. The Hall–Kier alpha value is -3.85. The number of aromatic nitrogens is 1. The molecule has 0 bridgehead atoms. The van der Waals surface area contributed by atoms with Crippen molar-refractivity contribution in [1.29, 1.82) is 0 Å². The molecule has 5 rings (SSSR count). The molecule has 178 valence electrons. The number of amides is 4. The molecule has 1 aromatic heterocycles. The van der Waals surface area contributed by atoms with Gasteiger partial charge in [-0.2, -0.15) is 0 Å². The van der Waals surface area contributed by atoms with Crippen LogP contribution in [0.15, 0.2) is 47.8 Å². The van der Waals surface area contributed by atoms with E-state index >= 15 is 0 Å². The van der Waals surface area contributed by atoms with E-state index in [1.165, 1.54) is 16.2 Å². The summed E-state index contributed by atoms with van der Waals surface area (Å²) in [6.07, 6.45) is 0.515. The van der Waals surface area contributed by atoms with Gasteiger partial charge in [0.25, 0.3) is 11.8 Å². The van der Waals surface area contributed by atoms with Gasteiger partial charge in [0.1, 0.15) is 0 Å². The van der Waals surface area contributed by atoms with Crippen LogP contribution in [0.3, 0.4) is 0 Å². The molecule has 0 saturated heterocycles. The maximum absolute atomic E-state index is 12.5. The minimum Gasteiger partial charge on any atom is -0.314 e. The van der Waals surface area contributed by atoms with Gasteiger partial charge in [0, 0.05) is 36.6 Å². The number of hydrogen-bond donors (Lipinski definition) is 1. The fourth-order valence-electron chi connectivity index (χ4n) is 4.62. The molecule has 3 heterocycles. The molecule has 3 aromatic rings. The summed E-state index contributed by atoms with van der Waals surface area (Å²) >= 11 is 1.32. The number of anilines is 2. The molecule has 0 fully saturated rings. The zero-order valence-corrected chi connectivity index (χ0v) is 20.4. The van der Waals surface area contributed by atoms with Gasteiger partial charge in [0.05, 0.1) is 22.2 Å². The summed E-state index contributed by atoms with van der Waals surface area (Å²) in [5.41, 5.74) is 3.65. The molecule has 0 saturated carbocycles. The van der Waals surface area contributed by atoms with Crippen LogP contribution in [-0.4, -0.2) is 47.1 Å². The zero-order valence-electron chi connectivity index (χ0n) is 19.6. The summed E-state index contributed by atoms with van der Waals surface area (Å²) in [5, 5.41) is 5.13. The van der Waals surface area contributed by atoms with E-state index < -0.39 is 5.41 Å². The summed E-state index contributed by atoms with van der Waals surface area (Å²) in [4.78, 5) is 57.3. The number of hydrogen-bond acceptors (Lipinski definition) is 6. The first kappa shape index (κ1) is 22.9. The van der Waals surface area contributed by atoms with Crippen LogP contribution in [0.2, 0.25) is 0 Å².